The van der Waals surface area contributed by atoms with Crippen molar-refractivity contribution in [2.24, 2.45) is 0 Å². The van der Waals surface area contributed by atoms with E-state index in [1.807, 2.05) is 6.08 Å². The monoisotopic (exact) mass is 358 g/mol. The van der Waals surface area contributed by atoms with Gasteiger partial charge in [-0.1, -0.05) is 76.9 Å². The van der Waals surface area contributed by atoms with Crippen LogP contribution in [0.3, 0.4) is 0 Å². The number of carbonyl (C=O) groups is 2. The summed E-state index contributed by atoms with van der Waals surface area (Å²) in [7, 11) is 0. The van der Waals surface area contributed by atoms with Crippen LogP contribution in [0.25, 0.3) is 0 Å². The molecule has 0 saturated heterocycles. The smallest absolute Gasteiger partial charge is 0.320 e. The number of rotatable bonds is 17. The molecule has 0 aliphatic heterocycles. The highest BCUT2D eigenvalue weighted by atomic mass is 32.2. The van der Waals surface area contributed by atoms with Gasteiger partial charge in [-0.2, -0.15) is 0 Å². The molecule has 5 heteroatoms. The number of carboxylic acids is 2. The highest BCUT2D eigenvalue weighted by Crippen LogP contribution is 2.15. The SMILES string of the molecule is CCCCCCCCCCCCC=CC(SCCC(=O)O)C(=O)O. The molecule has 4 nitrogen and oxygen atoms in total. The van der Waals surface area contributed by atoms with E-state index in [0.717, 1.165) is 12.8 Å². The van der Waals surface area contributed by atoms with Crippen LogP contribution in [0.15, 0.2) is 12.2 Å². The predicted octanol–water partition coefficient (Wildman–Crippen LogP) is 5.51. The molecule has 1 unspecified atom stereocenters. The third-order valence-electron chi connectivity index (χ3n) is 3.89. The lowest BCUT2D eigenvalue weighted by Crippen LogP contribution is -2.14. The number of carboxylic acid groups (broad SMARTS) is 2. The minimum atomic E-state index is -0.898. The van der Waals surface area contributed by atoms with Crippen molar-refractivity contribution < 1.29 is 19.8 Å². The fourth-order valence-corrected chi connectivity index (χ4v) is 3.36. The number of aliphatic carboxylic acids is 2. The summed E-state index contributed by atoms with van der Waals surface area (Å²) in [5.41, 5.74) is 0. The second-order valence-electron chi connectivity index (χ2n) is 6.17. The fraction of sp³-hybridized carbons (Fsp3) is 0.789. The second-order valence-corrected chi connectivity index (χ2v) is 7.42. The predicted molar refractivity (Wildman–Crippen MR) is 102 cm³/mol. The van der Waals surface area contributed by atoms with E-state index in [1.54, 1.807) is 6.08 Å². The molecule has 1 atom stereocenters. The maximum Gasteiger partial charge on any atom is 0.320 e. The minimum absolute atomic E-state index is 0.000725. The van der Waals surface area contributed by atoms with Crippen molar-refractivity contribution in [3.8, 4) is 0 Å². The molecule has 2 N–H and O–H groups in total. The Kier molecular flexibility index (Phi) is 16.2. The van der Waals surface area contributed by atoms with E-state index in [0.29, 0.717) is 5.75 Å². The molecule has 0 amide bonds. The van der Waals surface area contributed by atoms with Crippen LogP contribution in [0, 0.1) is 0 Å². The minimum Gasteiger partial charge on any atom is -0.481 e. The standard InChI is InChI=1S/C19H34O4S/c1-2-3-4-5-6-7-8-9-10-11-12-13-14-17(19(22)23)24-16-15-18(20)21/h13-14,17H,2-12,15-16H2,1H3,(H,20,21)(H,22,23). The molecular weight excluding hydrogens is 324 g/mol. The van der Waals surface area contributed by atoms with Gasteiger partial charge in [-0.15, -0.1) is 11.8 Å². The van der Waals surface area contributed by atoms with E-state index in [-0.39, 0.29) is 6.42 Å². The van der Waals surface area contributed by atoms with Gasteiger partial charge in [0.05, 0.1) is 6.42 Å². The fourth-order valence-electron chi connectivity index (χ4n) is 2.45. The first-order valence-electron chi connectivity index (χ1n) is 9.30. The van der Waals surface area contributed by atoms with Crippen molar-refractivity contribution in [2.75, 3.05) is 5.75 Å². The summed E-state index contributed by atoms with van der Waals surface area (Å²) < 4.78 is 0. The largest absolute Gasteiger partial charge is 0.481 e. The van der Waals surface area contributed by atoms with Gasteiger partial charge in [0.1, 0.15) is 5.25 Å². The van der Waals surface area contributed by atoms with Gasteiger partial charge in [0.15, 0.2) is 0 Å². The highest BCUT2D eigenvalue weighted by Gasteiger charge is 2.14. The molecule has 0 aromatic rings. The van der Waals surface area contributed by atoms with Crippen LogP contribution in [0.4, 0.5) is 0 Å². The van der Waals surface area contributed by atoms with Crippen LogP contribution in [-0.4, -0.2) is 33.2 Å². The lowest BCUT2D eigenvalue weighted by atomic mass is 10.1. The molecule has 0 bridgehead atoms. The number of unbranched alkanes of at least 4 members (excludes halogenated alkanes) is 10. The molecule has 0 fully saturated rings. The summed E-state index contributed by atoms with van der Waals surface area (Å²) >= 11 is 1.17. The van der Waals surface area contributed by atoms with Gasteiger partial charge in [0.2, 0.25) is 0 Å². The third kappa shape index (κ3) is 15.9. The third-order valence-corrected chi connectivity index (χ3v) is 5.05. The molecule has 0 spiro atoms. The summed E-state index contributed by atoms with van der Waals surface area (Å²) in [4.78, 5) is 21.5. The first-order chi connectivity index (χ1) is 11.6. The summed E-state index contributed by atoms with van der Waals surface area (Å²) in [5.74, 6) is -1.46. The Bertz CT molecular complexity index is 355. The number of hydrogen-bond acceptors (Lipinski definition) is 3. The van der Waals surface area contributed by atoms with E-state index >= 15 is 0 Å². The average molecular weight is 359 g/mol. The molecule has 0 aliphatic carbocycles. The number of thioether (sulfide) groups is 1. The Balaban J connectivity index is 3.56. The maximum atomic E-state index is 11.1. The van der Waals surface area contributed by atoms with Gasteiger partial charge in [-0.05, 0) is 12.8 Å². The Hall–Kier alpha value is -0.970. The van der Waals surface area contributed by atoms with E-state index in [9.17, 15) is 9.59 Å². The van der Waals surface area contributed by atoms with E-state index in [1.165, 1.54) is 69.5 Å². The van der Waals surface area contributed by atoms with Crippen LogP contribution in [0.5, 0.6) is 0 Å². The first kappa shape index (κ1) is 23.0. The van der Waals surface area contributed by atoms with Crippen molar-refractivity contribution >= 4 is 23.7 Å². The van der Waals surface area contributed by atoms with Gasteiger partial charge in [0.25, 0.3) is 0 Å². The van der Waals surface area contributed by atoms with Crippen LogP contribution in [0.2, 0.25) is 0 Å². The molecular formula is C19H34O4S. The maximum absolute atomic E-state index is 11.1. The highest BCUT2D eigenvalue weighted by molar-refractivity contribution is 8.00. The normalized spacial score (nSPS) is 12.5. The number of allylic oxidation sites excluding steroid dienone is 1. The van der Waals surface area contributed by atoms with Crippen molar-refractivity contribution in [1.82, 2.24) is 0 Å². The molecule has 24 heavy (non-hydrogen) atoms. The van der Waals surface area contributed by atoms with Gasteiger partial charge in [-0.3, -0.25) is 9.59 Å². The van der Waals surface area contributed by atoms with Gasteiger partial charge >= 0.3 is 11.9 Å². The quantitative estimate of drug-likeness (QED) is 0.265. The summed E-state index contributed by atoms with van der Waals surface area (Å²) in [6.45, 7) is 2.24. The molecule has 0 aromatic heterocycles. The van der Waals surface area contributed by atoms with Crippen molar-refractivity contribution in [2.45, 2.75) is 89.2 Å². The Morgan fingerprint density at radius 3 is 1.96 bits per heavy atom. The molecule has 0 radical (unpaired) electrons. The van der Waals surface area contributed by atoms with Crippen LogP contribution in [0.1, 0.15) is 84.0 Å². The summed E-state index contributed by atoms with van der Waals surface area (Å²) in [6, 6.07) is 0. The van der Waals surface area contributed by atoms with E-state index < -0.39 is 17.2 Å². The second kappa shape index (κ2) is 16.9. The Morgan fingerprint density at radius 2 is 1.46 bits per heavy atom. The summed E-state index contributed by atoms with van der Waals surface area (Å²) in [6.07, 6.45) is 17.5. The van der Waals surface area contributed by atoms with Crippen LogP contribution >= 0.6 is 11.8 Å². The Labute approximate surface area is 151 Å². The van der Waals surface area contributed by atoms with Crippen LogP contribution in [-0.2, 0) is 9.59 Å². The summed E-state index contributed by atoms with van der Waals surface area (Å²) in [5, 5.41) is 17.0. The molecule has 0 aliphatic rings. The molecule has 0 saturated carbocycles. The van der Waals surface area contributed by atoms with Crippen LogP contribution < -0.4 is 0 Å². The topological polar surface area (TPSA) is 74.6 Å². The zero-order valence-electron chi connectivity index (χ0n) is 15.0. The first-order valence-corrected chi connectivity index (χ1v) is 10.4. The number of hydrogen-bond donors (Lipinski definition) is 2. The molecule has 140 valence electrons. The molecule has 0 rings (SSSR count). The van der Waals surface area contributed by atoms with E-state index in [2.05, 4.69) is 6.92 Å². The average Bonchev–Trinajstić information content (AvgIpc) is 2.53. The zero-order chi connectivity index (χ0) is 18.0. The Morgan fingerprint density at radius 1 is 0.917 bits per heavy atom. The van der Waals surface area contributed by atoms with Gasteiger partial charge < -0.3 is 10.2 Å². The zero-order valence-corrected chi connectivity index (χ0v) is 15.9. The van der Waals surface area contributed by atoms with Crippen molar-refractivity contribution in [1.29, 1.82) is 0 Å². The molecule has 0 aromatic carbocycles. The lowest BCUT2D eigenvalue weighted by Gasteiger charge is -2.06. The van der Waals surface area contributed by atoms with Gasteiger partial charge in [-0.25, -0.2) is 0 Å². The van der Waals surface area contributed by atoms with Gasteiger partial charge in [0, 0.05) is 5.75 Å². The van der Waals surface area contributed by atoms with Crippen molar-refractivity contribution in [3.05, 3.63) is 12.2 Å². The molecule has 0 heterocycles. The van der Waals surface area contributed by atoms with E-state index in [4.69, 9.17) is 10.2 Å². The lowest BCUT2D eigenvalue weighted by molar-refractivity contribution is -0.137. The van der Waals surface area contributed by atoms with Crippen molar-refractivity contribution in [3.63, 3.8) is 0 Å².